The second-order valence-electron chi connectivity index (χ2n) is 5.10. The maximum atomic E-state index is 12.7. The lowest BCUT2D eigenvalue weighted by atomic mass is 10.1. The van der Waals surface area contributed by atoms with E-state index in [2.05, 4.69) is 0 Å². The Morgan fingerprint density at radius 2 is 1.96 bits per heavy atom. The van der Waals surface area contributed by atoms with Crippen LogP contribution in [0.25, 0.3) is 6.08 Å². The number of thioether (sulfide) groups is 1. The molecule has 1 N–H and O–H groups in total. The van der Waals surface area contributed by atoms with Crippen LogP contribution in [0.15, 0.2) is 47.4 Å². The minimum atomic E-state index is -1.14. The van der Waals surface area contributed by atoms with E-state index >= 15 is 0 Å². The van der Waals surface area contributed by atoms with Gasteiger partial charge in [-0.1, -0.05) is 29.8 Å². The normalized spacial score (nSPS) is 10.7. The van der Waals surface area contributed by atoms with Gasteiger partial charge in [-0.3, -0.25) is 4.79 Å². The van der Waals surface area contributed by atoms with Gasteiger partial charge in [0, 0.05) is 11.1 Å². The van der Waals surface area contributed by atoms with Crippen LogP contribution in [-0.2, 0) is 4.79 Å². The smallest absolute Gasteiger partial charge is 0.341 e. The molecule has 0 saturated heterocycles. The zero-order chi connectivity index (χ0) is 19.1. The summed E-state index contributed by atoms with van der Waals surface area (Å²) in [6.45, 7) is -0.559. The Kier molecular flexibility index (Phi) is 7.12. The van der Waals surface area contributed by atoms with Crippen molar-refractivity contribution < 1.29 is 24.2 Å². The lowest BCUT2D eigenvalue weighted by Crippen LogP contribution is -2.12. The number of methoxy groups -OCH3 is 1. The molecule has 0 fully saturated rings. The summed E-state index contributed by atoms with van der Waals surface area (Å²) in [4.78, 5) is 24.2. The Labute approximate surface area is 160 Å². The first-order valence-electron chi connectivity index (χ1n) is 7.53. The fourth-order valence-corrected chi connectivity index (χ4v) is 2.96. The molecule has 0 aromatic heterocycles. The Morgan fingerprint density at radius 3 is 2.58 bits per heavy atom. The van der Waals surface area contributed by atoms with Crippen molar-refractivity contribution >= 4 is 41.2 Å². The molecule has 0 amide bonds. The van der Waals surface area contributed by atoms with Gasteiger partial charge in [0.25, 0.3) is 0 Å². The Balaban J connectivity index is 2.39. The van der Waals surface area contributed by atoms with Crippen LogP contribution < -0.4 is 9.47 Å². The van der Waals surface area contributed by atoms with E-state index in [-0.39, 0.29) is 17.1 Å². The minimum Gasteiger partial charge on any atom is -0.495 e. The number of hydrogen-bond acceptors (Lipinski definition) is 5. The molecule has 2 aromatic carbocycles. The number of carbonyl (C=O) groups is 2. The summed E-state index contributed by atoms with van der Waals surface area (Å²) in [5.74, 6) is -0.813. The predicted molar refractivity (Wildman–Crippen MR) is 103 cm³/mol. The number of allylic oxidation sites excluding steroid dienone is 1. The SMILES string of the molecule is COc1cc(OCC(=O)O)c(C(=O)/C=C/c2ccccc2Cl)cc1SC. The minimum absolute atomic E-state index is 0.149. The summed E-state index contributed by atoms with van der Waals surface area (Å²) in [5, 5.41) is 9.37. The largest absolute Gasteiger partial charge is 0.495 e. The van der Waals surface area contributed by atoms with Gasteiger partial charge in [-0.2, -0.15) is 0 Å². The molecule has 0 aliphatic carbocycles. The van der Waals surface area contributed by atoms with Crippen LogP contribution in [0.2, 0.25) is 5.02 Å². The maximum Gasteiger partial charge on any atom is 0.341 e. The van der Waals surface area contributed by atoms with Crippen molar-refractivity contribution in [1.82, 2.24) is 0 Å². The molecular weight excluding hydrogens is 376 g/mol. The molecular formula is C19H17ClO5S. The van der Waals surface area contributed by atoms with Crippen LogP contribution in [-0.4, -0.2) is 36.8 Å². The third-order valence-electron chi connectivity index (χ3n) is 3.42. The number of rotatable bonds is 8. The number of carbonyl (C=O) groups excluding carboxylic acids is 1. The molecule has 0 aliphatic rings. The van der Waals surface area contributed by atoms with E-state index in [0.717, 1.165) is 4.90 Å². The molecule has 0 bridgehead atoms. The van der Waals surface area contributed by atoms with Gasteiger partial charge in [-0.15, -0.1) is 11.8 Å². The maximum absolute atomic E-state index is 12.7. The average Bonchev–Trinajstić information content (AvgIpc) is 2.64. The predicted octanol–water partition coefficient (Wildman–Crippen LogP) is 4.43. The van der Waals surface area contributed by atoms with Gasteiger partial charge >= 0.3 is 5.97 Å². The first-order valence-corrected chi connectivity index (χ1v) is 9.14. The van der Waals surface area contributed by atoms with Crippen LogP contribution in [0.1, 0.15) is 15.9 Å². The highest BCUT2D eigenvalue weighted by Crippen LogP contribution is 2.35. The van der Waals surface area contributed by atoms with Crippen molar-refractivity contribution in [3.05, 3.63) is 58.6 Å². The first-order chi connectivity index (χ1) is 12.5. The average molecular weight is 393 g/mol. The third kappa shape index (κ3) is 5.03. The van der Waals surface area contributed by atoms with Gasteiger partial charge in [0.1, 0.15) is 11.5 Å². The van der Waals surface area contributed by atoms with Crippen LogP contribution in [0.5, 0.6) is 11.5 Å². The molecule has 2 rings (SSSR count). The molecule has 26 heavy (non-hydrogen) atoms. The molecule has 2 aromatic rings. The number of hydrogen-bond donors (Lipinski definition) is 1. The lowest BCUT2D eigenvalue weighted by molar-refractivity contribution is -0.139. The van der Waals surface area contributed by atoms with Gasteiger partial charge in [0.05, 0.1) is 17.6 Å². The second-order valence-corrected chi connectivity index (χ2v) is 6.36. The molecule has 136 valence electrons. The Morgan fingerprint density at radius 1 is 1.23 bits per heavy atom. The second kappa shape index (κ2) is 9.31. The van der Waals surface area contributed by atoms with E-state index in [1.54, 1.807) is 30.3 Å². The molecule has 0 saturated carbocycles. The number of halogens is 1. The summed E-state index contributed by atoms with van der Waals surface area (Å²) >= 11 is 7.49. The third-order valence-corrected chi connectivity index (χ3v) is 4.52. The van der Waals surface area contributed by atoms with Crippen LogP contribution >= 0.6 is 23.4 Å². The van der Waals surface area contributed by atoms with Gasteiger partial charge in [-0.25, -0.2) is 4.79 Å². The van der Waals surface area contributed by atoms with E-state index < -0.39 is 12.6 Å². The highest BCUT2D eigenvalue weighted by atomic mass is 35.5. The number of ketones is 1. The van der Waals surface area contributed by atoms with Gasteiger partial charge in [0.15, 0.2) is 12.4 Å². The number of carboxylic acids is 1. The molecule has 0 radical (unpaired) electrons. The molecule has 0 unspecified atom stereocenters. The standard InChI is InChI=1S/C19H17ClO5S/c1-24-17-10-16(25-11-19(22)23)13(9-18(17)26-2)15(21)8-7-12-5-3-4-6-14(12)20/h3-10H,11H2,1-2H3,(H,22,23)/b8-7+. The van der Waals surface area contributed by atoms with Crippen molar-refractivity contribution in [1.29, 1.82) is 0 Å². The molecule has 0 aliphatic heterocycles. The Hall–Kier alpha value is -2.44. The van der Waals surface area contributed by atoms with Crippen molar-refractivity contribution in [3.8, 4) is 11.5 Å². The molecule has 7 heteroatoms. The van der Waals surface area contributed by atoms with Crippen molar-refractivity contribution in [2.45, 2.75) is 4.90 Å². The number of aliphatic carboxylic acids is 1. The van der Waals surface area contributed by atoms with Gasteiger partial charge in [-0.05, 0) is 36.1 Å². The summed E-state index contributed by atoms with van der Waals surface area (Å²) in [5.41, 5.74) is 0.953. The van der Waals surface area contributed by atoms with Gasteiger partial charge < -0.3 is 14.6 Å². The highest BCUT2D eigenvalue weighted by molar-refractivity contribution is 7.98. The van der Waals surface area contributed by atoms with Gasteiger partial charge in [0.2, 0.25) is 0 Å². The number of carboxylic acid groups (broad SMARTS) is 1. The van der Waals surface area contributed by atoms with Crippen molar-refractivity contribution in [2.24, 2.45) is 0 Å². The van der Waals surface area contributed by atoms with E-state index in [4.69, 9.17) is 26.2 Å². The molecule has 0 heterocycles. The first kappa shape index (κ1) is 19.9. The topological polar surface area (TPSA) is 72.8 Å². The van der Waals surface area contributed by atoms with E-state index in [0.29, 0.717) is 16.3 Å². The molecule has 0 atom stereocenters. The summed E-state index contributed by atoms with van der Waals surface area (Å²) < 4.78 is 10.5. The summed E-state index contributed by atoms with van der Waals surface area (Å²) in [7, 11) is 1.49. The van der Waals surface area contributed by atoms with Crippen LogP contribution in [0, 0.1) is 0 Å². The summed E-state index contributed by atoms with van der Waals surface area (Å²) in [6.07, 6.45) is 4.83. The lowest BCUT2D eigenvalue weighted by Gasteiger charge is -2.13. The van der Waals surface area contributed by atoms with E-state index in [1.165, 1.54) is 31.0 Å². The van der Waals surface area contributed by atoms with E-state index in [9.17, 15) is 9.59 Å². The van der Waals surface area contributed by atoms with Crippen LogP contribution in [0.4, 0.5) is 0 Å². The Bertz CT molecular complexity index is 848. The molecule has 5 nitrogen and oxygen atoms in total. The fourth-order valence-electron chi connectivity index (χ4n) is 2.18. The fraction of sp³-hybridized carbons (Fsp3) is 0.158. The zero-order valence-electron chi connectivity index (χ0n) is 14.2. The molecule has 0 spiro atoms. The van der Waals surface area contributed by atoms with E-state index in [1.807, 2.05) is 12.3 Å². The monoisotopic (exact) mass is 392 g/mol. The zero-order valence-corrected chi connectivity index (χ0v) is 15.8. The van der Waals surface area contributed by atoms with Crippen LogP contribution in [0.3, 0.4) is 0 Å². The number of benzene rings is 2. The highest BCUT2D eigenvalue weighted by Gasteiger charge is 2.17. The van der Waals surface area contributed by atoms with Crippen molar-refractivity contribution in [3.63, 3.8) is 0 Å². The van der Waals surface area contributed by atoms with Crippen molar-refractivity contribution in [2.75, 3.05) is 20.0 Å². The quantitative estimate of drug-likeness (QED) is 0.407. The number of ether oxygens (including phenoxy) is 2. The summed E-state index contributed by atoms with van der Waals surface area (Å²) in [6, 6.07) is 10.3.